The maximum atomic E-state index is 10.9. The van der Waals surface area contributed by atoms with Gasteiger partial charge in [0.05, 0.1) is 13.7 Å². The molecule has 0 bridgehead atoms. The molecule has 1 aromatic carbocycles. The molecule has 0 aliphatic carbocycles. The van der Waals surface area contributed by atoms with Crippen LogP contribution in [0.4, 0.5) is 0 Å². The second kappa shape index (κ2) is 5.97. The van der Waals surface area contributed by atoms with Crippen LogP contribution in [0.2, 0.25) is 0 Å². The smallest absolute Gasteiger partial charge is 0.233 e. The number of amides is 1. The zero-order valence-electron chi connectivity index (χ0n) is 9.41. The minimum Gasteiger partial charge on any atom is -0.504 e. The third-order valence-electron chi connectivity index (χ3n) is 2.18. The van der Waals surface area contributed by atoms with E-state index in [0.717, 1.165) is 0 Å². The van der Waals surface area contributed by atoms with Gasteiger partial charge in [-0.15, -0.1) is 0 Å². The number of carbonyl (C=O) groups excluding carboxylic acids is 1. The Morgan fingerprint density at radius 1 is 1.50 bits per heavy atom. The van der Waals surface area contributed by atoms with E-state index in [1.807, 2.05) is 0 Å². The van der Waals surface area contributed by atoms with Crippen molar-refractivity contribution in [2.75, 3.05) is 20.7 Å². The SMILES string of the molecule is CNC(=O)CNCc1cccc(OC)c1O. The molecule has 1 rings (SSSR count). The van der Waals surface area contributed by atoms with Crippen molar-refractivity contribution >= 4 is 5.91 Å². The number of carbonyl (C=O) groups is 1. The molecule has 16 heavy (non-hydrogen) atoms. The molecule has 0 aliphatic rings. The van der Waals surface area contributed by atoms with E-state index in [9.17, 15) is 9.90 Å². The zero-order chi connectivity index (χ0) is 12.0. The predicted octanol–water partition coefficient (Wildman–Crippen LogP) is 0.236. The van der Waals surface area contributed by atoms with Crippen LogP contribution >= 0.6 is 0 Å². The van der Waals surface area contributed by atoms with Crippen LogP contribution in [0.15, 0.2) is 18.2 Å². The molecular formula is C11H16N2O3. The molecule has 3 N–H and O–H groups in total. The fourth-order valence-electron chi connectivity index (χ4n) is 1.27. The molecule has 1 amide bonds. The Morgan fingerprint density at radius 3 is 2.88 bits per heavy atom. The predicted molar refractivity (Wildman–Crippen MR) is 60.4 cm³/mol. The van der Waals surface area contributed by atoms with Crippen LogP contribution < -0.4 is 15.4 Å². The van der Waals surface area contributed by atoms with Gasteiger partial charge in [-0.05, 0) is 6.07 Å². The fourth-order valence-corrected chi connectivity index (χ4v) is 1.27. The lowest BCUT2D eigenvalue weighted by Crippen LogP contribution is -2.30. The molecule has 5 nitrogen and oxygen atoms in total. The number of hydrogen-bond acceptors (Lipinski definition) is 4. The molecule has 0 saturated carbocycles. The second-order valence-electron chi connectivity index (χ2n) is 3.24. The van der Waals surface area contributed by atoms with Crippen molar-refractivity contribution in [1.82, 2.24) is 10.6 Å². The Morgan fingerprint density at radius 2 is 2.25 bits per heavy atom. The third kappa shape index (κ3) is 3.13. The number of phenolic OH excluding ortho intramolecular Hbond substituents is 1. The summed E-state index contributed by atoms with van der Waals surface area (Å²) in [6.07, 6.45) is 0. The van der Waals surface area contributed by atoms with Gasteiger partial charge < -0.3 is 20.5 Å². The minimum atomic E-state index is -0.0950. The zero-order valence-corrected chi connectivity index (χ0v) is 9.41. The van der Waals surface area contributed by atoms with Gasteiger partial charge in [-0.2, -0.15) is 0 Å². The van der Waals surface area contributed by atoms with E-state index in [2.05, 4.69) is 10.6 Å². The van der Waals surface area contributed by atoms with Crippen molar-refractivity contribution < 1.29 is 14.6 Å². The summed E-state index contributed by atoms with van der Waals surface area (Å²) in [6.45, 7) is 0.629. The molecule has 5 heteroatoms. The topological polar surface area (TPSA) is 70.6 Å². The first-order valence-electron chi connectivity index (χ1n) is 4.95. The van der Waals surface area contributed by atoms with Gasteiger partial charge in [-0.1, -0.05) is 12.1 Å². The number of benzene rings is 1. The van der Waals surface area contributed by atoms with Crippen LogP contribution in [0.25, 0.3) is 0 Å². The maximum absolute atomic E-state index is 10.9. The number of likely N-dealkylation sites (N-methyl/N-ethyl adjacent to an activating group) is 1. The number of rotatable bonds is 5. The van der Waals surface area contributed by atoms with Crippen LogP contribution in [0.3, 0.4) is 0 Å². The van der Waals surface area contributed by atoms with Crippen molar-refractivity contribution in [3.05, 3.63) is 23.8 Å². The van der Waals surface area contributed by atoms with Gasteiger partial charge >= 0.3 is 0 Å². The van der Waals surface area contributed by atoms with Crippen molar-refractivity contribution in [3.63, 3.8) is 0 Å². The molecule has 0 saturated heterocycles. The summed E-state index contributed by atoms with van der Waals surface area (Å²) in [5.41, 5.74) is 0.697. The van der Waals surface area contributed by atoms with E-state index in [1.54, 1.807) is 25.2 Å². The van der Waals surface area contributed by atoms with E-state index < -0.39 is 0 Å². The summed E-state index contributed by atoms with van der Waals surface area (Å²) < 4.78 is 4.98. The lowest BCUT2D eigenvalue weighted by Gasteiger charge is -2.09. The van der Waals surface area contributed by atoms with E-state index in [1.165, 1.54) is 7.11 Å². The van der Waals surface area contributed by atoms with Crippen LogP contribution in [-0.2, 0) is 11.3 Å². The van der Waals surface area contributed by atoms with Crippen LogP contribution in [0, 0.1) is 0 Å². The highest BCUT2D eigenvalue weighted by molar-refractivity contribution is 5.77. The number of methoxy groups -OCH3 is 1. The minimum absolute atomic E-state index is 0.0950. The van der Waals surface area contributed by atoms with Crippen molar-refractivity contribution in [2.24, 2.45) is 0 Å². The molecule has 88 valence electrons. The fraction of sp³-hybridized carbons (Fsp3) is 0.364. The molecule has 0 fully saturated rings. The number of aromatic hydroxyl groups is 1. The van der Waals surface area contributed by atoms with Gasteiger partial charge in [0.15, 0.2) is 11.5 Å². The maximum Gasteiger partial charge on any atom is 0.233 e. The number of hydrogen-bond donors (Lipinski definition) is 3. The standard InChI is InChI=1S/C11H16N2O3/c1-12-10(14)7-13-6-8-4-3-5-9(16-2)11(8)15/h3-5,13,15H,6-7H2,1-2H3,(H,12,14). The number of ether oxygens (including phenoxy) is 1. The number of phenols is 1. The number of para-hydroxylation sites is 1. The molecule has 0 radical (unpaired) electrons. The van der Waals surface area contributed by atoms with E-state index in [0.29, 0.717) is 17.9 Å². The van der Waals surface area contributed by atoms with E-state index in [-0.39, 0.29) is 18.2 Å². The Kier molecular flexibility index (Phi) is 4.60. The van der Waals surface area contributed by atoms with Crippen molar-refractivity contribution in [3.8, 4) is 11.5 Å². The highest BCUT2D eigenvalue weighted by atomic mass is 16.5. The molecule has 0 heterocycles. The summed E-state index contributed by atoms with van der Waals surface area (Å²) in [5.74, 6) is 0.441. The summed E-state index contributed by atoms with van der Waals surface area (Å²) in [4.78, 5) is 10.9. The van der Waals surface area contributed by atoms with Gasteiger partial charge in [0.2, 0.25) is 5.91 Å². The van der Waals surface area contributed by atoms with E-state index >= 15 is 0 Å². The van der Waals surface area contributed by atoms with Gasteiger partial charge in [0, 0.05) is 19.2 Å². The first-order valence-corrected chi connectivity index (χ1v) is 4.95. The van der Waals surface area contributed by atoms with Crippen molar-refractivity contribution in [1.29, 1.82) is 0 Å². The van der Waals surface area contributed by atoms with Gasteiger partial charge in [0.25, 0.3) is 0 Å². The van der Waals surface area contributed by atoms with Crippen LogP contribution in [0.5, 0.6) is 11.5 Å². The Hall–Kier alpha value is -1.75. The lowest BCUT2D eigenvalue weighted by molar-refractivity contribution is -0.119. The monoisotopic (exact) mass is 224 g/mol. The van der Waals surface area contributed by atoms with Gasteiger partial charge in [-0.25, -0.2) is 0 Å². The molecule has 0 aliphatic heterocycles. The van der Waals surface area contributed by atoms with E-state index in [4.69, 9.17) is 4.74 Å². The van der Waals surface area contributed by atoms with Gasteiger partial charge in [-0.3, -0.25) is 4.79 Å². The summed E-state index contributed by atoms with van der Waals surface area (Å²) in [5, 5.41) is 15.2. The van der Waals surface area contributed by atoms with Crippen LogP contribution in [0.1, 0.15) is 5.56 Å². The lowest BCUT2D eigenvalue weighted by atomic mass is 10.2. The number of nitrogens with one attached hydrogen (secondary N) is 2. The average Bonchev–Trinajstić information content (AvgIpc) is 2.31. The molecule has 0 unspecified atom stereocenters. The Balaban J connectivity index is 2.57. The Labute approximate surface area is 94.4 Å². The largest absolute Gasteiger partial charge is 0.504 e. The molecule has 0 spiro atoms. The summed E-state index contributed by atoms with van der Waals surface area (Å²) >= 11 is 0. The highest BCUT2D eigenvalue weighted by Crippen LogP contribution is 2.28. The summed E-state index contributed by atoms with van der Waals surface area (Å²) in [7, 11) is 3.07. The summed E-state index contributed by atoms with van der Waals surface area (Å²) in [6, 6.07) is 5.24. The molecule has 0 aromatic heterocycles. The molecular weight excluding hydrogens is 208 g/mol. The highest BCUT2D eigenvalue weighted by Gasteiger charge is 2.06. The first-order chi connectivity index (χ1) is 7.69. The third-order valence-corrected chi connectivity index (χ3v) is 2.18. The second-order valence-corrected chi connectivity index (χ2v) is 3.24. The Bertz CT molecular complexity index is 366. The van der Waals surface area contributed by atoms with Crippen molar-refractivity contribution in [2.45, 2.75) is 6.54 Å². The average molecular weight is 224 g/mol. The van der Waals surface area contributed by atoms with Crippen LogP contribution in [-0.4, -0.2) is 31.7 Å². The first kappa shape index (κ1) is 12.3. The quantitative estimate of drug-likeness (QED) is 0.670. The molecule has 1 aromatic rings. The normalized spacial score (nSPS) is 9.88. The molecule has 0 atom stereocenters. The van der Waals surface area contributed by atoms with Gasteiger partial charge in [0.1, 0.15) is 0 Å².